The van der Waals surface area contributed by atoms with Gasteiger partial charge in [0.05, 0.1) is 13.0 Å². The zero-order chi connectivity index (χ0) is 15.7. The van der Waals surface area contributed by atoms with Gasteiger partial charge >= 0.3 is 5.97 Å². The van der Waals surface area contributed by atoms with E-state index in [1.807, 2.05) is 18.7 Å². The molecule has 0 radical (unpaired) electrons. The molecule has 0 N–H and O–H groups in total. The largest absolute Gasteiger partial charge is 0.466 e. The van der Waals surface area contributed by atoms with E-state index in [0.717, 1.165) is 12.2 Å². The summed E-state index contributed by atoms with van der Waals surface area (Å²) in [6, 6.07) is 10.7. The molecule has 0 bridgehead atoms. The van der Waals surface area contributed by atoms with Gasteiger partial charge in [0.2, 0.25) is 0 Å². The molecule has 4 heteroatoms. The number of carbonyl (C=O) groups excluding carboxylic acids is 1. The molecule has 0 amide bonds. The van der Waals surface area contributed by atoms with Crippen molar-refractivity contribution >= 4 is 31.0 Å². The fraction of sp³-hybridized carbons (Fsp3) is 0.471. The second kappa shape index (κ2) is 9.10. The van der Waals surface area contributed by atoms with Crippen LogP contribution in [0.2, 0.25) is 13.1 Å². The SMILES string of the molecule is CC/C=C(\SCCC(=O)OCC)[Si](C)(C)c1ccccc1. The number of carbonyl (C=O) groups is 1. The number of rotatable bonds is 8. The molecule has 0 aliphatic carbocycles. The Labute approximate surface area is 134 Å². The number of ether oxygens (including phenoxy) is 1. The highest BCUT2D eigenvalue weighted by Crippen LogP contribution is 2.28. The van der Waals surface area contributed by atoms with Crippen molar-refractivity contribution in [1.82, 2.24) is 0 Å². The maximum absolute atomic E-state index is 11.5. The van der Waals surface area contributed by atoms with Gasteiger partial charge in [0.1, 0.15) is 8.07 Å². The second-order valence-electron chi connectivity index (χ2n) is 5.37. The van der Waals surface area contributed by atoms with E-state index in [2.05, 4.69) is 56.4 Å². The third-order valence-corrected chi connectivity index (χ3v) is 9.43. The average Bonchev–Trinajstić information content (AvgIpc) is 2.47. The van der Waals surface area contributed by atoms with Crippen LogP contribution in [0.25, 0.3) is 0 Å². The van der Waals surface area contributed by atoms with E-state index < -0.39 is 8.07 Å². The van der Waals surface area contributed by atoms with Crippen LogP contribution in [0.15, 0.2) is 40.9 Å². The summed E-state index contributed by atoms with van der Waals surface area (Å²) in [5, 5.41) is 1.44. The lowest BCUT2D eigenvalue weighted by molar-refractivity contribution is -0.142. The normalized spacial score (nSPS) is 12.3. The van der Waals surface area contributed by atoms with E-state index in [4.69, 9.17) is 4.74 Å². The Hall–Kier alpha value is -1.00. The summed E-state index contributed by atoms with van der Waals surface area (Å²) in [6.07, 6.45) is 3.85. The molecule has 0 aliphatic heterocycles. The van der Waals surface area contributed by atoms with E-state index in [1.54, 1.807) is 0 Å². The molecule has 0 saturated carbocycles. The van der Waals surface area contributed by atoms with Gasteiger partial charge in [-0.3, -0.25) is 4.79 Å². The zero-order valence-electron chi connectivity index (χ0n) is 13.5. The number of esters is 1. The van der Waals surface area contributed by atoms with Crippen molar-refractivity contribution in [3.63, 3.8) is 0 Å². The highest BCUT2D eigenvalue weighted by molar-refractivity contribution is 8.05. The molecule has 1 aromatic rings. The summed E-state index contributed by atoms with van der Waals surface area (Å²) in [4.78, 5) is 11.5. The molecule has 1 rings (SSSR count). The summed E-state index contributed by atoms with van der Waals surface area (Å²) in [5.74, 6) is 0.702. The first-order valence-corrected chi connectivity index (χ1v) is 11.6. The van der Waals surface area contributed by atoms with Gasteiger partial charge < -0.3 is 4.74 Å². The van der Waals surface area contributed by atoms with Crippen molar-refractivity contribution in [1.29, 1.82) is 0 Å². The smallest absolute Gasteiger partial charge is 0.306 e. The summed E-state index contributed by atoms with van der Waals surface area (Å²) in [7, 11) is -1.65. The molecule has 2 nitrogen and oxygen atoms in total. The van der Waals surface area contributed by atoms with E-state index in [-0.39, 0.29) is 5.97 Å². The van der Waals surface area contributed by atoms with Crippen LogP contribution >= 0.6 is 11.8 Å². The molecule has 0 atom stereocenters. The standard InChI is InChI=1S/C17H26O2SSi/c1-5-10-17(20-14-13-16(18)19-6-2)21(3,4)15-11-8-7-9-12-15/h7-12H,5-6,13-14H2,1-4H3/b17-10+. The van der Waals surface area contributed by atoms with Gasteiger partial charge in [0, 0.05) is 5.75 Å². The van der Waals surface area contributed by atoms with E-state index in [1.165, 1.54) is 9.72 Å². The first-order valence-electron chi connectivity index (χ1n) is 7.57. The summed E-state index contributed by atoms with van der Waals surface area (Å²) in [6.45, 7) is 9.23. The molecule has 0 heterocycles. The lowest BCUT2D eigenvalue weighted by Gasteiger charge is -2.26. The van der Waals surface area contributed by atoms with Crippen LogP contribution in [0.5, 0.6) is 0 Å². The van der Waals surface area contributed by atoms with Gasteiger partial charge in [-0.05, 0) is 17.9 Å². The van der Waals surface area contributed by atoms with Crippen molar-refractivity contribution in [2.24, 2.45) is 0 Å². The Morgan fingerprint density at radius 2 is 1.90 bits per heavy atom. The molecule has 0 aromatic heterocycles. The third-order valence-electron chi connectivity index (χ3n) is 3.37. The lowest BCUT2D eigenvalue weighted by Crippen LogP contribution is -2.43. The van der Waals surface area contributed by atoms with Crippen LogP contribution in [0.1, 0.15) is 26.7 Å². The highest BCUT2D eigenvalue weighted by Gasteiger charge is 2.28. The fourth-order valence-electron chi connectivity index (χ4n) is 2.15. The van der Waals surface area contributed by atoms with E-state index in [0.29, 0.717) is 13.0 Å². The van der Waals surface area contributed by atoms with Crippen LogP contribution in [-0.2, 0) is 9.53 Å². The van der Waals surface area contributed by atoms with Crippen LogP contribution in [0.3, 0.4) is 0 Å². The number of hydrogen-bond donors (Lipinski definition) is 0. The number of allylic oxidation sites excluding steroid dienone is 1. The molecule has 0 spiro atoms. The molecular weight excluding hydrogens is 296 g/mol. The lowest BCUT2D eigenvalue weighted by atomic mass is 10.4. The maximum Gasteiger partial charge on any atom is 0.306 e. The minimum absolute atomic E-state index is 0.0972. The van der Waals surface area contributed by atoms with Crippen LogP contribution in [0, 0.1) is 0 Å². The molecule has 0 unspecified atom stereocenters. The average molecular weight is 323 g/mol. The van der Waals surface area contributed by atoms with Crippen LogP contribution in [0.4, 0.5) is 0 Å². The Morgan fingerprint density at radius 1 is 1.24 bits per heavy atom. The van der Waals surface area contributed by atoms with Crippen molar-refractivity contribution in [3.8, 4) is 0 Å². The van der Waals surface area contributed by atoms with Crippen molar-refractivity contribution in [3.05, 3.63) is 40.9 Å². The predicted molar refractivity (Wildman–Crippen MR) is 95.6 cm³/mol. The molecule has 0 saturated heterocycles. The Bertz CT molecular complexity index is 469. The van der Waals surface area contributed by atoms with Crippen LogP contribution < -0.4 is 5.19 Å². The quantitative estimate of drug-likeness (QED) is 0.532. The number of thioether (sulfide) groups is 1. The molecule has 1 aromatic carbocycles. The topological polar surface area (TPSA) is 26.3 Å². The summed E-state index contributed by atoms with van der Waals surface area (Å²) >= 11 is 1.82. The van der Waals surface area contributed by atoms with Crippen molar-refractivity contribution in [2.45, 2.75) is 39.8 Å². The van der Waals surface area contributed by atoms with Gasteiger partial charge in [-0.25, -0.2) is 0 Å². The summed E-state index contributed by atoms with van der Waals surface area (Å²) in [5.41, 5.74) is 0. The van der Waals surface area contributed by atoms with Crippen LogP contribution in [-0.4, -0.2) is 26.4 Å². The molecule has 0 fully saturated rings. The van der Waals surface area contributed by atoms with Crippen molar-refractivity contribution < 1.29 is 9.53 Å². The number of hydrogen-bond acceptors (Lipinski definition) is 3. The number of benzene rings is 1. The predicted octanol–water partition coefficient (Wildman–Crippen LogP) is 4.12. The van der Waals surface area contributed by atoms with Gasteiger partial charge in [0.15, 0.2) is 0 Å². The molecular formula is C17H26O2SSi. The monoisotopic (exact) mass is 322 g/mol. The van der Waals surface area contributed by atoms with Gasteiger partial charge in [-0.1, -0.05) is 61.6 Å². The van der Waals surface area contributed by atoms with Gasteiger partial charge in [-0.15, -0.1) is 11.8 Å². The van der Waals surface area contributed by atoms with Gasteiger partial charge in [-0.2, -0.15) is 0 Å². The Kier molecular flexibility index (Phi) is 7.82. The Morgan fingerprint density at radius 3 is 2.48 bits per heavy atom. The van der Waals surface area contributed by atoms with E-state index >= 15 is 0 Å². The maximum atomic E-state index is 11.5. The minimum Gasteiger partial charge on any atom is -0.466 e. The molecule has 21 heavy (non-hydrogen) atoms. The Balaban J connectivity index is 2.73. The highest BCUT2D eigenvalue weighted by atomic mass is 32.2. The van der Waals surface area contributed by atoms with Gasteiger partial charge in [0.25, 0.3) is 0 Å². The minimum atomic E-state index is -1.65. The molecule has 116 valence electrons. The second-order valence-corrected chi connectivity index (χ2v) is 11.2. The third kappa shape index (κ3) is 5.71. The molecule has 0 aliphatic rings. The first kappa shape index (κ1) is 18.0. The first-order chi connectivity index (χ1) is 10.0. The summed E-state index contributed by atoms with van der Waals surface area (Å²) < 4.78 is 6.45. The van der Waals surface area contributed by atoms with E-state index in [9.17, 15) is 4.79 Å². The zero-order valence-corrected chi connectivity index (χ0v) is 15.3. The van der Waals surface area contributed by atoms with Crippen molar-refractivity contribution in [2.75, 3.05) is 12.4 Å². The fourth-order valence-corrected chi connectivity index (χ4v) is 7.06.